The second-order valence-electron chi connectivity index (χ2n) is 8.18. The first-order chi connectivity index (χ1) is 15.3. The van der Waals surface area contributed by atoms with E-state index in [4.69, 9.17) is 0 Å². The second kappa shape index (κ2) is 7.33. The summed E-state index contributed by atoms with van der Waals surface area (Å²) in [7, 11) is 0. The summed E-state index contributed by atoms with van der Waals surface area (Å²) >= 11 is 0. The molecule has 0 saturated heterocycles. The standard InChI is InChI=1S/C23H18F4N4O/c24-15-4-5-18-17(11-15)20(30-21(32)29-18)31-10-2-1-3-16-14(12-28-13-19(16)31)6-7-22(8-9-22)23(25,26)27/h4-5,11-13H,1-3,8-10H2,(H,29,30,32). The van der Waals surface area contributed by atoms with Crippen molar-refractivity contribution < 1.29 is 17.6 Å². The molecular weight excluding hydrogens is 424 g/mol. The van der Waals surface area contributed by atoms with Gasteiger partial charge in [0.2, 0.25) is 0 Å². The van der Waals surface area contributed by atoms with Gasteiger partial charge in [0.25, 0.3) is 0 Å². The molecule has 164 valence electrons. The molecule has 5 rings (SSSR count). The van der Waals surface area contributed by atoms with Crippen LogP contribution in [-0.4, -0.2) is 27.7 Å². The number of hydrogen-bond acceptors (Lipinski definition) is 4. The molecule has 1 aliphatic heterocycles. The van der Waals surface area contributed by atoms with Crippen LogP contribution in [-0.2, 0) is 6.42 Å². The third kappa shape index (κ3) is 3.49. The van der Waals surface area contributed by atoms with E-state index in [1.54, 1.807) is 11.1 Å². The lowest BCUT2D eigenvalue weighted by molar-refractivity contribution is -0.168. The summed E-state index contributed by atoms with van der Waals surface area (Å²) in [5.41, 5.74) is -0.247. The van der Waals surface area contributed by atoms with Crippen molar-refractivity contribution >= 4 is 22.4 Å². The molecule has 0 atom stereocenters. The van der Waals surface area contributed by atoms with Gasteiger partial charge in [-0.3, -0.25) is 4.98 Å². The lowest BCUT2D eigenvalue weighted by Crippen LogP contribution is -2.24. The van der Waals surface area contributed by atoms with Crippen molar-refractivity contribution in [1.82, 2.24) is 15.0 Å². The normalized spacial score (nSPS) is 17.3. The van der Waals surface area contributed by atoms with E-state index in [0.717, 1.165) is 18.4 Å². The van der Waals surface area contributed by atoms with E-state index in [9.17, 15) is 22.4 Å². The molecule has 2 aromatic heterocycles. The Labute approximate surface area is 180 Å². The number of halogens is 4. The van der Waals surface area contributed by atoms with E-state index >= 15 is 0 Å². The zero-order chi connectivity index (χ0) is 22.5. The Morgan fingerprint density at radius 3 is 2.72 bits per heavy atom. The Bertz CT molecular complexity index is 1330. The van der Waals surface area contributed by atoms with E-state index in [2.05, 4.69) is 26.8 Å². The zero-order valence-corrected chi connectivity index (χ0v) is 16.9. The van der Waals surface area contributed by atoms with Crippen molar-refractivity contribution in [3.8, 4) is 11.8 Å². The average Bonchev–Trinajstić information content (AvgIpc) is 3.56. The van der Waals surface area contributed by atoms with Crippen LogP contribution in [0, 0.1) is 23.1 Å². The van der Waals surface area contributed by atoms with Gasteiger partial charge >= 0.3 is 11.9 Å². The first kappa shape index (κ1) is 20.5. The van der Waals surface area contributed by atoms with Crippen molar-refractivity contribution in [2.75, 3.05) is 11.4 Å². The maximum Gasteiger partial charge on any atom is 0.405 e. The molecule has 9 heteroatoms. The minimum absolute atomic E-state index is 0.00629. The van der Waals surface area contributed by atoms with Crippen LogP contribution in [0.3, 0.4) is 0 Å². The van der Waals surface area contributed by atoms with Crippen LogP contribution < -0.4 is 10.6 Å². The summed E-state index contributed by atoms with van der Waals surface area (Å²) in [6, 6.07) is 4.03. The highest BCUT2D eigenvalue weighted by molar-refractivity contribution is 5.91. The Balaban J connectivity index is 1.65. The van der Waals surface area contributed by atoms with Gasteiger partial charge in [0.05, 0.1) is 17.4 Å². The Morgan fingerprint density at radius 1 is 1.16 bits per heavy atom. The summed E-state index contributed by atoms with van der Waals surface area (Å²) in [6.45, 7) is 0.500. The van der Waals surface area contributed by atoms with Gasteiger partial charge < -0.3 is 9.88 Å². The van der Waals surface area contributed by atoms with Crippen LogP contribution in [0.15, 0.2) is 35.4 Å². The summed E-state index contributed by atoms with van der Waals surface area (Å²) in [6.07, 6.45) is 0.859. The van der Waals surface area contributed by atoms with E-state index < -0.39 is 23.1 Å². The topological polar surface area (TPSA) is 61.9 Å². The number of hydrogen-bond donors (Lipinski definition) is 1. The molecule has 0 unspecified atom stereocenters. The van der Waals surface area contributed by atoms with Crippen LogP contribution in [0.5, 0.6) is 0 Å². The minimum atomic E-state index is -4.36. The molecule has 3 aromatic rings. The number of benzene rings is 1. The molecule has 1 aliphatic carbocycles. The first-order valence-corrected chi connectivity index (χ1v) is 10.3. The largest absolute Gasteiger partial charge is 0.405 e. The number of nitrogens with one attached hydrogen (secondary N) is 1. The second-order valence-corrected chi connectivity index (χ2v) is 8.18. The fourth-order valence-corrected chi connectivity index (χ4v) is 4.10. The highest BCUT2D eigenvalue weighted by Gasteiger charge is 2.62. The van der Waals surface area contributed by atoms with Gasteiger partial charge in [0, 0.05) is 23.7 Å². The summed E-state index contributed by atoms with van der Waals surface area (Å²) < 4.78 is 53.9. The van der Waals surface area contributed by atoms with Crippen LogP contribution in [0.25, 0.3) is 10.9 Å². The van der Waals surface area contributed by atoms with E-state index in [1.165, 1.54) is 24.4 Å². The zero-order valence-electron chi connectivity index (χ0n) is 16.9. The van der Waals surface area contributed by atoms with Crippen molar-refractivity contribution in [2.45, 2.75) is 38.3 Å². The number of H-pyrrole nitrogens is 1. The van der Waals surface area contributed by atoms with Gasteiger partial charge in [0.15, 0.2) is 0 Å². The molecular formula is C23H18F4N4O. The van der Waals surface area contributed by atoms with Crippen LogP contribution in [0.1, 0.15) is 36.8 Å². The molecule has 5 nitrogen and oxygen atoms in total. The lowest BCUT2D eigenvalue weighted by Gasteiger charge is -2.25. The summed E-state index contributed by atoms with van der Waals surface area (Å²) in [5.74, 6) is 4.99. The van der Waals surface area contributed by atoms with Gasteiger partial charge in [-0.25, -0.2) is 9.18 Å². The molecule has 32 heavy (non-hydrogen) atoms. The Morgan fingerprint density at radius 2 is 1.97 bits per heavy atom. The van der Waals surface area contributed by atoms with Crippen LogP contribution in [0.4, 0.5) is 29.1 Å². The maximum absolute atomic E-state index is 14.0. The number of pyridine rings is 1. The fraction of sp³-hybridized carbons (Fsp3) is 0.348. The minimum Gasteiger partial charge on any atom is -0.324 e. The molecule has 0 amide bonds. The molecule has 0 radical (unpaired) electrons. The number of rotatable bonds is 1. The van der Waals surface area contributed by atoms with Crippen molar-refractivity contribution in [3.05, 3.63) is 58.0 Å². The SMILES string of the molecule is O=c1nc(N2CCCCc3c(C#CC4(C(F)(F)F)CC4)cncc32)c2cc(F)ccc2[nH]1. The van der Waals surface area contributed by atoms with Gasteiger partial charge in [-0.05, 0) is 55.9 Å². The van der Waals surface area contributed by atoms with Gasteiger partial charge in [-0.15, -0.1) is 0 Å². The smallest absolute Gasteiger partial charge is 0.324 e. The lowest BCUT2D eigenvalue weighted by atomic mass is 10.0. The average molecular weight is 442 g/mol. The number of fused-ring (bicyclic) bond motifs is 2. The van der Waals surface area contributed by atoms with Gasteiger partial charge in [0.1, 0.15) is 17.1 Å². The summed E-state index contributed by atoms with van der Waals surface area (Å²) in [5, 5.41) is 0.433. The molecule has 1 saturated carbocycles. The molecule has 3 heterocycles. The van der Waals surface area contributed by atoms with E-state index in [1.807, 2.05) is 0 Å². The van der Waals surface area contributed by atoms with E-state index in [0.29, 0.717) is 35.1 Å². The molecule has 1 aromatic carbocycles. The number of aromatic nitrogens is 3. The maximum atomic E-state index is 14.0. The van der Waals surface area contributed by atoms with Gasteiger partial charge in [-0.1, -0.05) is 11.8 Å². The van der Waals surface area contributed by atoms with E-state index in [-0.39, 0.29) is 18.7 Å². The Kier molecular flexibility index (Phi) is 4.69. The molecule has 1 fully saturated rings. The van der Waals surface area contributed by atoms with Crippen molar-refractivity contribution in [2.24, 2.45) is 5.41 Å². The predicted octanol–water partition coefficient (Wildman–Crippen LogP) is 4.63. The third-order valence-electron chi connectivity index (χ3n) is 6.04. The predicted molar refractivity (Wildman–Crippen MR) is 111 cm³/mol. The van der Waals surface area contributed by atoms with Gasteiger partial charge in [-0.2, -0.15) is 18.2 Å². The first-order valence-electron chi connectivity index (χ1n) is 10.3. The van der Waals surface area contributed by atoms with Crippen molar-refractivity contribution in [3.63, 3.8) is 0 Å². The van der Waals surface area contributed by atoms with Crippen molar-refractivity contribution in [1.29, 1.82) is 0 Å². The monoisotopic (exact) mass is 442 g/mol. The fourth-order valence-electron chi connectivity index (χ4n) is 4.10. The number of alkyl halides is 3. The Hall–Kier alpha value is -3.41. The molecule has 2 aliphatic rings. The quantitative estimate of drug-likeness (QED) is 0.441. The van der Waals surface area contributed by atoms with Crippen LogP contribution >= 0.6 is 0 Å². The van der Waals surface area contributed by atoms with Crippen LogP contribution in [0.2, 0.25) is 0 Å². The number of anilines is 2. The molecule has 0 bridgehead atoms. The highest BCUT2D eigenvalue weighted by Crippen LogP contribution is 2.57. The summed E-state index contributed by atoms with van der Waals surface area (Å²) in [4.78, 5) is 24.9. The number of nitrogens with zero attached hydrogens (tertiary/aromatic N) is 3. The molecule has 0 spiro atoms. The highest BCUT2D eigenvalue weighted by atomic mass is 19.4. The molecule has 1 N–H and O–H groups in total. The number of aromatic amines is 1. The third-order valence-corrected chi connectivity index (χ3v) is 6.04.